The maximum Gasteiger partial charge on any atom is 0.339 e. The number of hydrogen-bond donors (Lipinski definition) is 4. The number of thiocarbonyl (C=S) groups is 1. The van der Waals surface area contributed by atoms with Crippen LogP contribution in [0.15, 0.2) is 60.7 Å². The lowest BCUT2D eigenvalue weighted by molar-refractivity contribution is 0.0693. The van der Waals surface area contributed by atoms with Crippen LogP contribution in [-0.4, -0.2) is 27.2 Å². The van der Waals surface area contributed by atoms with Gasteiger partial charge in [0.2, 0.25) is 0 Å². The van der Waals surface area contributed by atoms with Crippen molar-refractivity contribution >= 4 is 45.7 Å². The second kappa shape index (κ2) is 7.20. The van der Waals surface area contributed by atoms with Gasteiger partial charge in [-0.15, -0.1) is 0 Å². The Kier molecular flexibility index (Phi) is 4.81. The number of anilines is 1. The highest BCUT2D eigenvalue weighted by molar-refractivity contribution is 7.80. The highest BCUT2D eigenvalue weighted by Gasteiger charge is 2.13. The number of hydrogen-bond acceptors (Lipinski definition) is 4. The second-order valence-corrected chi connectivity index (χ2v) is 5.88. The van der Waals surface area contributed by atoms with Gasteiger partial charge in [-0.25, -0.2) is 4.79 Å². The third kappa shape index (κ3) is 3.62. The molecule has 3 aromatic carbocycles. The number of fused-ring (bicyclic) bond motifs is 1. The van der Waals surface area contributed by atoms with E-state index in [2.05, 4.69) is 10.6 Å². The molecule has 0 aliphatic carbocycles. The molecule has 7 heteroatoms. The Bertz CT molecular complexity index is 1030. The minimum absolute atomic E-state index is 0.0185. The first-order valence-corrected chi connectivity index (χ1v) is 8.03. The zero-order chi connectivity index (χ0) is 18.7. The van der Waals surface area contributed by atoms with Crippen LogP contribution in [0.2, 0.25) is 0 Å². The molecule has 4 N–H and O–H groups in total. The molecule has 6 nitrogen and oxygen atoms in total. The molecule has 0 aliphatic rings. The number of carbonyl (C=O) groups is 2. The van der Waals surface area contributed by atoms with Gasteiger partial charge >= 0.3 is 5.97 Å². The highest BCUT2D eigenvalue weighted by Crippen LogP contribution is 2.22. The van der Waals surface area contributed by atoms with Crippen molar-refractivity contribution < 1.29 is 19.8 Å². The van der Waals surface area contributed by atoms with Gasteiger partial charge in [0.1, 0.15) is 11.3 Å². The molecule has 0 unspecified atom stereocenters. The molecule has 0 heterocycles. The minimum atomic E-state index is -1.27. The van der Waals surface area contributed by atoms with Crippen LogP contribution in [0, 0.1) is 0 Å². The maximum absolute atomic E-state index is 12.5. The summed E-state index contributed by atoms with van der Waals surface area (Å²) in [6, 6.07) is 16.8. The molecule has 3 aromatic rings. The molecule has 0 atom stereocenters. The first-order chi connectivity index (χ1) is 12.5. The van der Waals surface area contributed by atoms with E-state index < -0.39 is 5.97 Å². The molecule has 26 heavy (non-hydrogen) atoms. The van der Waals surface area contributed by atoms with E-state index in [-0.39, 0.29) is 22.3 Å². The lowest BCUT2D eigenvalue weighted by Crippen LogP contribution is -2.34. The van der Waals surface area contributed by atoms with Crippen LogP contribution in [-0.2, 0) is 0 Å². The third-order valence-electron chi connectivity index (χ3n) is 3.75. The van der Waals surface area contributed by atoms with Crippen molar-refractivity contribution in [1.82, 2.24) is 5.32 Å². The van der Waals surface area contributed by atoms with E-state index in [0.717, 1.165) is 10.8 Å². The molecule has 0 fully saturated rings. The lowest BCUT2D eigenvalue weighted by atomic mass is 10.0. The average molecular weight is 366 g/mol. The molecular weight excluding hydrogens is 352 g/mol. The molecule has 3 rings (SSSR count). The number of carboxylic acid groups (broad SMARTS) is 1. The quantitative estimate of drug-likeness (QED) is 0.419. The summed E-state index contributed by atoms with van der Waals surface area (Å²) in [5.74, 6) is -2.00. The minimum Gasteiger partial charge on any atom is -0.507 e. The molecule has 0 saturated heterocycles. The van der Waals surface area contributed by atoms with E-state index >= 15 is 0 Å². The smallest absolute Gasteiger partial charge is 0.339 e. The molecule has 1 amide bonds. The van der Waals surface area contributed by atoms with Crippen molar-refractivity contribution in [2.75, 3.05) is 5.32 Å². The Morgan fingerprint density at radius 3 is 2.42 bits per heavy atom. The van der Waals surface area contributed by atoms with Crippen molar-refractivity contribution in [3.63, 3.8) is 0 Å². The summed E-state index contributed by atoms with van der Waals surface area (Å²) in [5, 5.41) is 25.6. The zero-order valence-electron chi connectivity index (χ0n) is 13.4. The molecule has 130 valence electrons. The number of nitrogens with one attached hydrogen (secondary N) is 2. The summed E-state index contributed by atoms with van der Waals surface area (Å²) in [7, 11) is 0. The Morgan fingerprint density at radius 1 is 0.923 bits per heavy atom. The number of benzene rings is 3. The van der Waals surface area contributed by atoms with Gasteiger partial charge in [-0.1, -0.05) is 36.4 Å². The average Bonchev–Trinajstić information content (AvgIpc) is 2.62. The lowest BCUT2D eigenvalue weighted by Gasteiger charge is -2.12. The zero-order valence-corrected chi connectivity index (χ0v) is 14.2. The van der Waals surface area contributed by atoms with Gasteiger partial charge in [0.05, 0.1) is 0 Å². The number of carboxylic acids is 1. The molecule has 0 aliphatic heterocycles. The topological polar surface area (TPSA) is 98.7 Å². The summed E-state index contributed by atoms with van der Waals surface area (Å²) in [6.45, 7) is 0. The number of phenols is 1. The first kappa shape index (κ1) is 17.4. The van der Waals surface area contributed by atoms with Crippen LogP contribution in [0.25, 0.3) is 10.8 Å². The monoisotopic (exact) mass is 366 g/mol. The normalized spacial score (nSPS) is 10.3. The standard InChI is InChI=1S/C19H14N2O4S/c22-16-9-8-12(10-15(16)18(24)25)20-19(26)21-17(23)14-7-3-5-11-4-1-2-6-13(11)14/h1-10,22H,(H,24,25)(H2,20,21,23,26). The van der Waals surface area contributed by atoms with Crippen LogP contribution < -0.4 is 10.6 Å². The molecule has 0 aromatic heterocycles. The van der Waals surface area contributed by atoms with E-state index in [4.69, 9.17) is 17.3 Å². The van der Waals surface area contributed by atoms with Gasteiger partial charge in [0.15, 0.2) is 5.11 Å². The van der Waals surface area contributed by atoms with Crippen molar-refractivity contribution in [3.05, 3.63) is 71.8 Å². The fourth-order valence-electron chi connectivity index (χ4n) is 2.54. The molecule has 0 radical (unpaired) electrons. The van der Waals surface area contributed by atoms with Crippen molar-refractivity contribution in [2.24, 2.45) is 0 Å². The predicted molar refractivity (Wildman–Crippen MR) is 103 cm³/mol. The first-order valence-electron chi connectivity index (χ1n) is 7.62. The van der Waals surface area contributed by atoms with Crippen LogP contribution in [0.1, 0.15) is 20.7 Å². The van der Waals surface area contributed by atoms with Crippen LogP contribution in [0.5, 0.6) is 5.75 Å². The van der Waals surface area contributed by atoms with Gasteiger partial charge in [0, 0.05) is 11.3 Å². The fraction of sp³-hybridized carbons (Fsp3) is 0. The SMILES string of the molecule is O=C(O)c1cc(NC(=S)NC(=O)c2cccc3ccccc23)ccc1O. The summed E-state index contributed by atoms with van der Waals surface area (Å²) >= 11 is 5.12. The second-order valence-electron chi connectivity index (χ2n) is 5.47. The number of amides is 1. The summed E-state index contributed by atoms with van der Waals surface area (Å²) < 4.78 is 0. The molecule has 0 spiro atoms. The molecular formula is C19H14N2O4S. The Balaban J connectivity index is 1.77. The summed E-state index contributed by atoms with van der Waals surface area (Å²) in [6.07, 6.45) is 0. The van der Waals surface area contributed by atoms with E-state index in [1.807, 2.05) is 30.3 Å². The number of aromatic carboxylic acids is 1. The van der Waals surface area contributed by atoms with Crippen molar-refractivity contribution in [3.8, 4) is 5.75 Å². The number of rotatable bonds is 3. The van der Waals surface area contributed by atoms with E-state index in [0.29, 0.717) is 11.3 Å². The van der Waals surface area contributed by atoms with Crippen molar-refractivity contribution in [2.45, 2.75) is 0 Å². The predicted octanol–water partition coefficient (Wildman–Crippen LogP) is 3.37. The Labute approximate surface area is 154 Å². The van der Waals surface area contributed by atoms with E-state index in [9.17, 15) is 14.7 Å². The Hall–Kier alpha value is -3.45. The third-order valence-corrected chi connectivity index (χ3v) is 3.95. The number of aromatic hydroxyl groups is 1. The van der Waals surface area contributed by atoms with Crippen molar-refractivity contribution in [1.29, 1.82) is 0 Å². The largest absolute Gasteiger partial charge is 0.507 e. The van der Waals surface area contributed by atoms with Gasteiger partial charge in [0.25, 0.3) is 5.91 Å². The van der Waals surface area contributed by atoms with Crippen LogP contribution in [0.3, 0.4) is 0 Å². The van der Waals surface area contributed by atoms with Gasteiger partial charge < -0.3 is 15.5 Å². The van der Waals surface area contributed by atoms with E-state index in [1.165, 1.54) is 18.2 Å². The molecule has 0 bridgehead atoms. The van der Waals surface area contributed by atoms with E-state index in [1.54, 1.807) is 12.1 Å². The van der Waals surface area contributed by atoms with Crippen LogP contribution in [0.4, 0.5) is 5.69 Å². The summed E-state index contributed by atoms with van der Waals surface area (Å²) in [4.78, 5) is 23.6. The van der Waals surface area contributed by atoms with Gasteiger partial charge in [-0.2, -0.15) is 0 Å². The number of carbonyl (C=O) groups excluding carboxylic acids is 1. The highest BCUT2D eigenvalue weighted by atomic mass is 32.1. The van der Waals surface area contributed by atoms with Gasteiger partial charge in [-0.05, 0) is 47.3 Å². The van der Waals surface area contributed by atoms with Gasteiger partial charge in [-0.3, -0.25) is 10.1 Å². The summed E-state index contributed by atoms with van der Waals surface area (Å²) in [5.41, 5.74) is 0.547. The maximum atomic E-state index is 12.5. The van der Waals surface area contributed by atoms with Crippen LogP contribution >= 0.6 is 12.2 Å². The fourth-order valence-corrected chi connectivity index (χ4v) is 2.75. The Morgan fingerprint density at radius 2 is 1.65 bits per heavy atom. The molecule has 0 saturated carbocycles.